The number of amides is 2. The second kappa shape index (κ2) is 8.41. The zero-order chi connectivity index (χ0) is 23.0. The molecule has 2 aromatic carbocycles. The molecule has 0 saturated carbocycles. The van der Waals surface area contributed by atoms with Crippen LogP contribution in [-0.4, -0.2) is 27.9 Å². The summed E-state index contributed by atoms with van der Waals surface area (Å²) in [7, 11) is 0. The molecule has 3 aromatic rings. The molecule has 1 N–H and O–H groups in total. The minimum atomic E-state index is -0.588. The Morgan fingerprint density at radius 2 is 1.84 bits per heavy atom. The third-order valence-corrected chi connectivity index (χ3v) is 6.31. The smallest absolute Gasteiger partial charge is 0.257 e. The molecule has 2 heterocycles. The van der Waals surface area contributed by atoms with Gasteiger partial charge in [-0.15, -0.1) is 0 Å². The SMILES string of the molecule is CCCCCN1C(=O)C(C)(C)c2cc3c(cc21)nc(NC(=O)c1ccccc1)n3C(C)C. The zero-order valence-electron chi connectivity index (χ0n) is 19.6. The van der Waals surface area contributed by atoms with E-state index in [0.717, 1.165) is 48.1 Å². The van der Waals surface area contributed by atoms with Crippen LogP contribution in [-0.2, 0) is 10.2 Å². The van der Waals surface area contributed by atoms with Crippen molar-refractivity contribution in [1.82, 2.24) is 9.55 Å². The fraction of sp³-hybridized carbons (Fsp3) is 0.423. The summed E-state index contributed by atoms with van der Waals surface area (Å²) in [5.74, 6) is 0.478. The Hall–Kier alpha value is -3.15. The average Bonchev–Trinajstić information content (AvgIpc) is 3.20. The fourth-order valence-electron chi connectivity index (χ4n) is 4.53. The third-order valence-electron chi connectivity index (χ3n) is 6.31. The van der Waals surface area contributed by atoms with Crippen molar-refractivity contribution in [3.05, 3.63) is 53.6 Å². The Morgan fingerprint density at radius 1 is 1.12 bits per heavy atom. The van der Waals surface area contributed by atoms with Gasteiger partial charge in [0.2, 0.25) is 11.9 Å². The van der Waals surface area contributed by atoms with Crippen LogP contribution < -0.4 is 10.2 Å². The van der Waals surface area contributed by atoms with Crippen molar-refractivity contribution < 1.29 is 9.59 Å². The summed E-state index contributed by atoms with van der Waals surface area (Å²) < 4.78 is 2.04. The van der Waals surface area contributed by atoms with Crippen molar-refractivity contribution in [2.24, 2.45) is 0 Å². The first-order valence-electron chi connectivity index (χ1n) is 11.5. The van der Waals surface area contributed by atoms with Crippen LogP contribution in [0.15, 0.2) is 42.5 Å². The number of unbranched alkanes of at least 4 members (excludes halogenated alkanes) is 2. The van der Waals surface area contributed by atoms with E-state index in [1.165, 1.54) is 0 Å². The van der Waals surface area contributed by atoms with Gasteiger partial charge in [-0.25, -0.2) is 4.98 Å². The Bertz CT molecular complexity index is 1160. The molecule has 1 aliphatic rings. The molecule has 4 rings (SSSR count). The maximum Gasteiger partial charge on any atom is 0.257 e. The third kappa shape index (κ3) is 3.68. The van der Waals surface area contributed by atoms with Crippen molar-refractivity contribution in [3.8, 4) is 0 Å². The van der Waals surface area contributed by atoms with Crippen molar-refractivity contribution >= 4 is 34.5 Å². The highest BCUT2D eigenvalue weighted by atomic mass is 16.2. The van der Waals surface area contributed by atoms with Crippen LogP contribution in [0.1, 0.15) is 75.8 Å². The van der Waals surface area contributed by atoms with Crippen molar-refractivity contribution in [2.45, 2.75) is 65.3 Å². The lowest BCUT2D eigenvalue weighted by Gasteiger charge is -2.20. The van der Waals surface area contributed by atoms with E-state index in [-0.39, 0.29) is 17.9 Å². The average molecular weight is 433 g/mol. The summed E-state index contributed by atoms with van der Waals surface area (Å²) in [5.41, 5.74) is 3.68. The largest absolute Gasteiger partial charge is 0.311 e. The van der Waals surface area contributed by atoms with Crippen LogP contribution in [0.3, 0.4) is 0 Å². The summed E-state index contributed by atoms with van der Waals surface area (Å²) in [4.78, 5) is 32.7. The number of anilines is 2. The van der Waals surface area contributed by atoms with Gasteiger partial charge in [0.05, 0.1) is 22.1 Å². The molecular formula is C26H32N4O2. The molecule has 0 atom stereocenters. The van der Waals surface area contributed by atoms with Gasteiger partial charge in [0, 0.05) is 18.2 Å². The van der Waals surface area contributed by atoms with E-state index in [9.17, 15) is 9.59 Å². The molecule has 0 spiro atoms. The van der Waals surface area contributed by atoms with Gasteiger partial charge in [-0.1, -0.05) is 38.0 Å². The van der Waals surface area contributed by atoms with Gasteiger partial charge in [-0.2, -0.15) is 0 Å². The first kappa shape index (κ1) is 22.1. The minimum absolute atomic E-state index is 0.0880. The quantitative estimate of drug-likeness (QED) is 0.488. The normalized spacial score (nSPS) is 14.9. The molecular weight excluding hydrogens is 400 g/mol. The molecule has 0 unspecified atom stereocenters. The highest BCUT2D eigenvalue weighted by molar-refractivity contribution is 6.10. The number of aromatic nitrogens is 2. The molecule has 32 heavy (non-hydrogen) atoms. The molecule has 0 bridgehead atoms. The van der Waals surface area contributed by atoms with Crippen LogP contribution in [0.25, 0.3) is 11.0 Å². The Labute approximate surface area is 189 Å². The standard InChI is InChI=1S/C26H32N4O2/c1-6-7-11-14-29-21-16-20-22(15-19(21)26(4,5)24(29)32)30(17(2)3)25(27-20)28-23(31)18-12-9-8-10-13-18/h8-10,12-13,15-17H,6-7,11,14H2,1-5H3,(H,27,28,31). The molecule has 1 aliphatic heterocycles. The first-order chi connectivity index (χ1) is 15.3. The van der Waals surface area contributed by atoms with E-state index >= 15 is 0 Å². The summed E-state index contributed by atoms with van der Waals surface area (Å²) in [6, 6.07) is 13.3. The van der Waals surface area contributed by atoms with Crippen LogP contribution in [0.5, 0.6) is 0 Å². The van der Waals surface area contributed by atoms with E-state index in [0.29, 0.717) is 11.5 Å². The van der Waals surface area contributed by atoms with Gasteiger partial charge >= 0.3 is 0 Å². The van der Waals surface area contributed by atoms with E-state index in [1.807, 2.05) is 47.6 Å². The number of benzene rings is 2. The Balaban J connectivity index is 1.78. The van der Waals surface area contributed by atoms with E-state index in [4.69, 9.17) is 4.98 Å². The lowest BCUT2D eigenvalue weighted by atomic mass is 9.86. The molecule has 0 aliphatic carbocycles. The predicted molar refractivity (Wildman–Crippen MR) is 129 cm³/mol. The van der Waals surface area contributed by atoms with Gasteiger partial charge in [0.1, 0.15) is 0 Å². The van der Waals surface area contributed by atoms with Gasteiger partial charge in [0.15, 0.2) is 0 Å². The van der Waals surface area contributed by atoms with E-state index in [1.54, 1.807) is 12.1 Å². The summed E-state index contributed by atoms with van der Waals surface area (Å²) in [6.07, 6.45) is 3.19. The highest BCUT2D eigenvalue weighted by Gasteiger charge is 2.44. The second-order valence-electron chi connectivity index (χ2n) is 9.37. The summed E-state index contributed by atoms with van der Waals surface area (Å²) in [6.45, 7) is 11.0. The number of hydrogen-bond acceptors (Lipinski definition) is 3. The molecule has 6 heteroatoms. The van der Waals surface area contributed by atoms with Gasteiger partial charge in [-0.3, -0.25) is 14.9 Å². The number of rotatable bonds is 7. The zero-order valence-corrected chi connectivity index (χ0v) is 19.6. The van der Waals surface area contributed by atoms with Crippen LogP contribution in [0.4, 0.5) is 11.6 Å². The van der Waals surface area contributed by atoms with Crippen molar-refractivity contribution in [3.63, 3.8) is 0 Å². The summed E-state index contributed by atoms with van der Waals surface area (Å²) >= 11 is 0. The second-order valence-corrected chi connectivity index (χ2v) is 9.37. The van der Waals surface area contributed by atoms with Gasteiger partial charge in [-0.05, 0) is 63.9 Å². The lowest BCUT2D eigenvalue weighted by molar-refractivity contribution is -0.122. The Morgan fingerprint density at radius 3 is 2.50 bits per heavy atom. The van der Waals surface area contributed by atoms with Gasteiger partial charge in [0.25, 0.3) is 5.91 Å². The number of fused-ring (bicyclic) bond motifs is 2. The molecule has 0 saturated heterocycles. The number of nitrogens with one attached hydrogen (secondary N) is 1. The van der Waals surface area contributed by atoms with Crippen LogP contribution in [0.2, 0.25) is 0 Å². The van der Waals surface area contributed by atoms with Crippen molar-refractivity contribution in [1.29, 1.82) is 0 Å². The van der Waals surface area contributed by atoms with Gasteiger partial charge < -0.3 is 9.47 Å². The fourth-order valence-corrected chi connectivity index (χ4v) is 4.53. The Kier molecular flexibility index (Phi) is 5.80. The minimum Gasteiger partial charge on any atom is -0.311 e. The molecule has 0 fully saturated rings. The number of imidazole rings is 1. The molecule has 1 aromatic heterocycles. The number of hydrogen-bond donors (Lipinski definition) is 1. The van der Waals surface area contributed by atoms with Crippen LogP contribution in [0, 0.1) is 0 Å². The van der Waals surface area contributed by atoms with Crippen molar-refractivity contribution in [2.75, 3.05) is 16.8 Å². The number of carbonyl (C=O) groups excluding carboxylic acids is 2. The molecule has 0 radical (unpaired) electrons. The lowest BCUT2D eigenvalue weighted by Crippen LogP contribution is -2.36. The number of nitrogens with zero attached hydrogens (tertiary/aromatic N) is 3. The highest BCUT2D eigenvalue weighted by Crippen LogP contribution is 2.44. The molecule has 2 amide bonds. The topological polar surface area (TPSA) is 67.2 Å². The predicted octanol–water partition coefficient (Wildman–Crippen LogP) is 5.68. The van der Waals surface area contributed by atoms with E-state index in [2.05, 4.69) is 32.2 Å². The number of carbonyl (C=O) groups is 2. The summed E-state index contributed by atoms with van der Waals surface area (Å²) in [5, 5.41) is 2.99. The van der Waals surface area contributed by atoms with Crippen LogP contribution >= 0.6 is 0 Å². The monoisotopic (exact) mass is 432 g/mol. The molecule has 6 nitrogen and oxygen atoms in total. The molecule has 168 valence electrons. The van der Waals surface area contributed by atoms with E-state index < -0.39 is 5.41 Å². The maximum absolute atomic E-state index is 13.2. The maximum atomic E-state index is 13.2. The first-order valence-corrected chi connectivity index (χ1v) is 11.5.